The van der Waals surface area contributed by atoms with Gasteiger partial charge in [-0.15, -0.1) is 0 Å². The maximum Gasteiger partial charge on any atom is 0.415 e. The van der Waals surface area contributed by atoms with E-state index < -0.39 is 5.60 Å². The molecule has 1 aliphatic carbocycles. The molecule has 0 bridgehead atoms. The maximum atomic E-state index is 12.6. The van der Waals surface area contributed by atoms with E-state index >= 15 is 0 Å². The van der Waals surface area contributed by atoms with Gasteiger partial charge < -0.3 is 9.47 Å². The molecule has 2 heterocycles. The van der Waals surface area contributed by atoms with Crippen LogP contribution in [0.2, 0.25) is 0 Å². The van der Waals surface area contributed by atoms with Crippen LogP contribution >= 0.6 is 15.9 Å². The molecule has 114 valence electrons. The van der Waals surface area contributed by atoms with Crippen molar-refractivity contribution in [3.8, 4) is 5.88 Å². The van der Waals surface area contributed by atoms with Crippen molar-refractivity contribution >= 4 is 27.7 Å². The summed E-state index contributed by atoms with van der Waals surface area (Å²) in [7, 11) is 0. The number of carbonyl (C=O) groups is 1. The SMILES string of the molecule is Cc1c(Br)cnc2c1N(C(=O)OC(C)(C)C)CC1(CC1)O2. The van der Waals surface area contributed by atoms with Crippen molar-refractivity contribution in [1.82, 2.24) is 4.98 Å². The number of hydrogen-bond donors (Lipinski definition) is 0. The third-order valence-corrected chi connectivity index (χ3v) is 4.46. The van der Waals surface area contributed by atoms with Crippen LogP contribution in [0.5, 0.6) is 5.88 Å². The van der Waals surface area contributed by atoms with E-state index in [1.807, 2.05) is 27.7 Å². The van der Waals surface area contributed by atoms with Gasteiger partial charge >= 0.3 is 6.09 Å². The number of nitrogens with zero attached hydrogens (tertiary/aromatic N) is 2. The second-order valence-electron chi connectivity index (χ2n) is 6.74. The van der Waals surface area contributed by atoms with Crippen molar-refractivity contribution in [2.45, 2.75) is 51.7 Å². The molecule has 0 atom stereocenters. The van der Waals surface area contributed by atoms with Crippen LogP contribution in [-0.2, 0) is 4.74 Å². The molecule has 1 spiro atoms. The number of carbonyl (C=O) groups excluding carboxylic acids is 1. The van der Waals surface area contributed by atoms with Gasteiger partial charge in [-0.1, -0.05) is 0 Å². The summed E-state index contributed by atoms with van der Waals surface area (Å²) < 4.78 is 12.4. The molecular formula is C15H19BrN2O3. The van der Waals surface area contributed by atoms with Gasteiger partial charge in [-0.2, -0.15) is 0 Å². The summed E-state index contributed by atoms with van der Waals surface area (Å²) in [6, 6.07) is 0. The number of pyridine rings is 1. The summed E-state index contributed by atoms with van der Waals surface area (Å²) in [5.74, 6) is 0.519. The first kappa shape index (κ1) is 14.6. The zero-order chi connectivity index (χ0) is 15.4. The van der Waals surface area contributed by atoms with E-state index in [0.717, 1.165) is 22.9 Å². The van der Waals surface area contributed by atoms with Crippen molar-refractivity contribution in [2.75, 3.05) is 11.4 Å². The smallest absolute Gasteiger partial charge is 0.415 e. The summed E-state index contributed by atoms with van der Waals surface area (Å²) in [6.45, 7) is 8.06. The summed E-state index contributed by atoms with van der Waals surface area (Å²) in [5.41, 5.74) is 0.842. The largest absolute Gasteiger partial charge is 0.468 e. The zero-order valence-electron chi connectivity index (χ0n) is 12.7. The fourth-order valence-electron chi connectivity index (χ4n) is 2.42. The minimum Gasteiger partial charge on any atom is -0.468 e. The van der Waals surface area contributed by atoms with E-state index in [1.165, 1.54) is 0 Å². The van der Waals surface area contributed by atoms with Crippen LogP contribution in [0.1, 0.15) is 39.2 Å². The van der Waals surface area contributed by atoms with E-state index in [2.05, 4.69) is 20.9 Å². The van der Waals surface area contributed by atoms with E-state index in [9.17, 15) is 4.79 Å². The van der Waals surface area contributed by atoms with Crippen LogP contribution in [-0.4, -0.2) is 28.8 Å². The van der Waals surface area contributed by atoms with Crippen LogP contribution in [0.25, 0.3) is 0 Å². The summed E-state index contributed by atoms with van der Waals surface area (Å²) in [5, 5.41) is 0. The lowest BCUT2D eigenvalue weighted by atomic mass is 10.1. The van der Waals surface area contributed by atoms with Crippen LogP contribution < -0.4 is 9.64 Å². The fourth-order valence-corrected chi connectivity index (χ4v) is 2.71. The maximum absolute atomic E-state index is 12.6. The Balaban J connectivity index is 2.01. The second-order valence-corrected chi connectivity index (χ2v) is 7.59. The Morgan fingerprint density at radius 1 is 1.48 bits per heavy atom. The number of hydrogen-bond acceptors (Lipinski definition) is 4. The average molecular weight is 355 g/mol. The standard InChI is InChI=1S/C15H19BrN2O3/c1-9-10(16)7-17-12-11(9)18(8-15(20-12)5-6-15)13(19)21-14(2,3)4/h7H,5-6,8H2,1-4H3. The third-order valence-electron chi connectivity index (χ3n) is 3.66. The molecule has 6 heteroatoms. The molecule has 0 unspecified atom stereocenters. The van der Waals surface area contributed by atoms with Gasteiger partial charge in [0, 0.05) is 10.7 Å². The highest BCUT2D eigenvalue weighted by Crippen LogP contribution is 2.49. The molecule has 1 aromatic rings. The summed E-state index contributed by atoms with van der Waals surface area (Å²) in [6.07, 6.45) is 3.26. The highest BCUT2D eigenvalue weighted by atomic mass is 79.9. The van der Waals surface area contributed by atoms with Gasteiger partial charge in [-0.3, -0.25) is 4.90 Å². The number of ether oxygens (including phenoxy) is 2. The normalized spacial score (nSPS) is 19.0. The van der Waals surface area contributed by atoms with E-state index in [0.29, 0.717) is 18.1 Å². The van der Waals surface area contributed by atoms with Crippen molar-refractivity contribution in [2.24, 2.45) is 0 Å². The molecule has 0 aromatic carbocycles. The number of rotatable bonds is 0. The first-order valence-corrected chi connectivity index (χ1v) is 7.85. The van der Waals surface area contributed by atoms with Gasteiger partial charge in [0.2, 0.25) is 5.88 Å². The van der Waals surface area contributed by atoms with Crippen molar-refractivity contribution in [3.63, 3.8) is 0 Å². The molecular weight excluding hydrogens is 336 g/mol. The number of aromatic nitrogens is 1. The van der Waals surface area contributed by atoms with Gasteiger partial charge in [0.05, 0.1) is 6.54 Å². The molecule has 1 aliphatic heterocycles. The van der Waals surface area contributed by atoms with Crippen molar-refractivity contribution in [3.05, 3.63) is 16.2 Å². The third kappa shape index (κ3) is 2.73. The molecule has 0 saturated heterocycles. The predicted molar refractivity (Wildman–Crippen MR) is 82.8 cm³/mol. The molecule has 21 heavy (non-hydrogen) atoms. The first-order valence-electron chi connectivity index (χ1n) is 7.05. The minimum atomic E-state index is -0.528. The predicted octanol–water partition coefficient (Wildman–Crippen LogP) is 3.82. The van der Waals surface area contributed by atoms with Crippen LogP contribution in [0.15, 0.2) is 10.7 Å². The number of halogens is 1. The van der Waals surface area contributed by atoms with Crippen LogP contribution in [0, 0.1) is 6.92 Å². The number of anilines is 1. The molecule has 5 nitrogen and oxygen atoms in total. The Hall–Kier alpha value is -1.30. The Morgan fingerprint density at radius 2 is 2.14 bits per heavy atom. The van der Waals surface area contributed by atoms with Gasteiger partial charge in [-0.25, -0.2) is 9.78 Å². The lowest BCUT2D eigenvalue weighted by Gasteiger charge is -2.36. The highest BCUT2D eigenvalue weighted by Gasteiger charge is 2.53. The van der Waals surface area contributed by atoms with E-state index in [-0.39, 0.29) is 11.7 Å². The zero-order valence-corrected chi connectivity index (χ0v) is 14.3. The number of amides is 1. The molecule has 1 fully saturated rings. The van der Waals surface area contributed by atoms with Gasteiger partial charge in [-0.05, 0) is 62.0 Å². The topological polar surface area (TPSA) is 51.7 Å². The Bertz CT molecular complexity index is 606. The molecule has 1 amide bonds. The first-order chi connectivity index (χ1) is 9.71. The van der Waals surface area contributed by atoms with Crippen LogP contribution in [0.4, 0.5) is 10.5 Å². The van der Waals surface area contributed by atoms with Crippen molar-refractivity contribution in [1.29, 1.82) is 0 Å². The van der Waals surface area contributed by atoms with E-state index in [1.54, 1.807) is 11.1 Å². The Labute approximate surface area is 132 Å². The van der Waals surface area contributed by atoms with E-state index in [4.69, 9.17) is 9.47 Å². The molecule has 0 radical (unpaired) electrons. The summed E-state index contributed by atoms with van der Waals surface area (Å²) >= 11 is 3.46. The van der Waals surface area contributed by atoms with Crippen molar-refractivity contribution < 1.29 is 14.3 Å². The summed E-state index contributed by atoms with van der Waals surface area (Å²) in [4.78, 5) is 18.6. The minimum absolute atomic E-state index is 0.267. The average Bonchev–Trinajstić information content (AvgIpc) is 3.10. The molecule has 1 aromatic heterocycles. The molecule has 2 aliphatic rings. The quantitative estimate of drug-likeness (QED) is 0.710. The Morgan fingerprint density at radius 3 is 2.71 bits per heavy atom. The molecule has 3 rings (SSSR count). The van der Waals surface area contributed by atoms with Gasteiger partial charge in [0.1, 0.15) is 16.9 Å². The van der Waals surface area contributed by atoms with Crippen LogP contribution in [0.3, 0.4) is 0 Å². The Kier molecular flexibility index (Phi) is 3.20. The fraction of sp³-hybridized carbons (Fsp3) is 0.600. The van der Waals surface area contributed by atoms with Gasteiger partial charge in [0.25, 0.3) is 0 Å². The second kappa shape index (κ2) is 4.60. The lowest BCUT2D eigenvalue weighted by Crippen LogP contribution is -2.47. The molecule has 0 N–H and O–H groups in total. The lowest BCUT2D eigenvalue weighted by molar-refractivity contribution is 0.0533. The molecule has 1 saturated carbocycles. The monoisotopic (exact) mass is 354 g/mol. The van der Waals surface area contributed by atoms with Gasteiger partial charge in [0.15, 0.2) is 0 Å². The highest BCUT2D eigenvalue weighted by molar-refractivity contribution is 9.10. The number of fused-ring (bicyclic) bond motifs is 1.